The fourth-order valence-corrected chi connectivity index (χ4v) is 2.87. The van der Waals surface area contributed by atoms with Crippen molar-refractivity contribution in [2.75, 3.05) is 60.0 Å². The van der Waals surface area contributed by atoms with E-state index in [0.717, 1.165) is 26.1 Å². The van der Waals surface area contributed by atoms with Crippen LogP contribution < -0.4 is 0 Å². The zero-order chi connectivity index (χ0) is 14.5. The molecule has 2 heterocycles. The largest absolute Gasteiger partial charge is 0.379 e. The summed E-state index contributed by atoms with van der Waals surface area (Å²) in [7, 11) is 4.06. The van der Waals surface area contributed by atoms with Crippen molar-refractivity contribution >= 4 is 11.8 Å². The van der Waals surface area contributed by atoms with Gasteiger partial charge >= 0.3 is 0 Å². The van der Waals surface area contributed by atoms with Crippen LogP contribution in [0.15, 0.2) is 0 Å². The third kappa shape index (κ3) is 4.18. The molecule has 2 aliphatic rings. The van der Waals surface area contributed by atoms with E-state index in [4.69, 9.17) is 4.74 Å². The first-order chi connectivity index (χ1) is 9.56. The van der Waals surface area contributed by atoms with Crippen molar-refractivity contribution in [3.05, 3.63) is 0 Å². The summed E-state index contributed by atoms with van der Waals surface area (Å²) in [5, 5.41) is 0. The van der Waals surface area contributed by atoms with E-state index in [1.807, 2.05) is 19.0 Å². The molecular weight excluding hydrogens is 258 g/mol. The monoisotopic (exact) mass is 283 g/mol. The minimum Gasteiger partial charge on any atom is -0.379 e. The highest BCUT2D eigenvalue weighted by Crippen LogP contribution is 2.12. The second-order valence-corrected chi connectivity index (χ2v) is 5.96. The summed E-state index contributed by atoms with van der Waals surface area (Å²) in [6, 6.07) is 0. The van der Waals surface area contributed by atoms with Crippen LogP contribution in [-0.4, -0.2) is 86.5 Å². The molecule has 0 aromatic heterocycles. The Kier molecular flexibility index (Phi) is 5.37. The molecule has 0 aromatic carbocycles. The second kappa shape index (κ2) is 7.04. The molecule has 0 spiro atoms. The Hall–Kier alpha value is -1.14. The minimum absolute atomic E-state index is 0.0505. The van der Waals surface area contributed by atoms with Crippen LogP contribution in [0.5, 0.6) is 0 Å². The Morgan fingerprint density at radius 2 is 2.20 bits per heavy atom. The predicted molar refractivity (Wildman–Crippen MR) is 75.3 cm³/mol. The molecule has 2 rings (SSSR count). The van der Waals surface area contributed by atoms with Crippen LogP contribution in [0.1, 0.15) is 12.8 Å². The zero-order valence-electron chi connectivity index (χ0n) is 12.5. The lowest BCUT2D eigenvalue weighted by Crippen LogP contribution is -2.44. The van der Waals surface area contributed by atoms with E-state index in [-0.39, 0.29) is 18.4 Å². The van der Waals surface area contributed by atoms with Gasteiger partial charge in [-0.25, -0.2) is 0 Å². The second-order valence-electron chi connectivity index (χ2n) is 5.96. The van der Waals surface area contributed by atoms with Gasteiger partial charge in [-0.1, -0.05) is 0 Å². The average molecular weight is 283 g/mol. The van der Waals surface area contributed by atoms with Crippen LogP contribution in [-0.2, 0) is 14.3 Å². The topological polar surface area (TPSA) is 53.1 Å². The Morgan fingerprint density at radius 1 is 1.40 bits per heavy atom. The van der Waals surface area contributed by atoms with Gasteiger partial charge in [0.2, 0.25) is 11.8 Å². The van der Waals surface area contributed by atoms with Gasteiger partial charge < -0.3 is 19.4 Å². The third-order valence-electron chi connectivity index (χ3n) is 3.81. The van der Waals surface area contributed by atoms with E-state index in [1.54, 1.807) is 4.90 Å². The van der Waals surface area contributed by atoms with Crippen LogP contribution in [0.2, 0.25) is 0 Å². The van der Waals surface area contributed by atoms with Gasteiger partial charge in [0.1, 0.15) is 0 Å². The predicted octanol–water partition coefficient (Wildman–Crippen LogP) is -0.355. The lowest BCUT2D eigenvalue weighted by molar-refractivity contribution is -0.138. The van der Waals surface area contributed by atoms with Crippen molar-refractivity contribution in [3.63, 3.8) is 0 Å². The summed E-state index contributed by atoms with van der Waals surface area (Å²) in [4.78, 5) is 29.6. The molecule has 2 aliphatic heterocycles. The zero-order valence-corrected chi connectivity index (χ0v) is 12.5. The summed E-state index contributed by atoms with van der Waals surface area (Å²) in [6.07, 6.45) is 1.46. The highest BCUT2D eigenvalue weighted by molar-refractivity contribution is 5.85. The lowest BCUT2D eigenvalue weighted by atomic mass is 10.1. The van der Waals surface area contributed by atoms with Gasteiger partial charge in [-0.2, -0.15) is 0 Å². The number of carbonyl (C=O) groups is 2. The molecule has 6 nitrogen and oxygen atoms in total. The maximum absolute atomic E-state index is 12.3. The fourth-order valence-electron chi connectivity index (χ4n) is 2.87. The van der Waals surface area contributed by atoms with Gasteiger partial charge in [-0.3, -0.25) is 9.59 Å². The summed E-state index contributed by atoms with van der Waals surface area (Å²) < 4.78 is 5.58. The van der Waals surface area contributed by atoms with E-state index in [2.05, 4.69) is 4.90 Å². The van der Waals surface area contributed by atoms with Crippen LogP contribution in [0.4, 0.5) is 0 Å². The smallest absolute Gasteiger partial charge is 0.242 e. The van der Waals surface area contributed by atoms with Gasteiger partial charge in [0.25, 0.3) is 0 Å². The summed E-state index contributed by atoms with van der Waals surface area (Å²) >= 11 is 0. The summed E-state index contributed by atoms with van der Waals surface area (Å²) in [5.41, 5.74) is 0. The molecule has 2 fully saturated rings. The Bertz CT molecular complexity index is 360. The molecule has 1 atom stereocenters. The van der Waals surface area contributed by atoms with Crippen molar-refractivity contribution in [2.24, 2.45) is 5.92 Å². The van der Waals surface area contributed by atoms with E-state index >= 15 is 0 Å². The molecule has 0 unspecified atom stereocenters. The van der Waals surface area contributed by atoms with E-state index in [1.165, 1.54) is 0 Å². The first-order valence-corrected chi connectivity index (χ1v) is 7.34. The molecule has 2 saturated heterocycles. The number of carbonyl (C=O) groups excluding carboxylic acids is 2. The number of likely N-dealkylation sites (tertiary alicyclic amines) is 1. The van der Waals surface area contributed by atoms with Gasteiger partial charge in [0.15, 0.2) is 0 Å². The Morgan fingerprint density at radius 3 is 2.85 bits per heavy atom. The SMILES string of the molecule is CN(C)C[C@H]1COCCN(C(=O)CN2CCCC2=O)C1. The van der Waals surface area contributed by atoms with E-state index in [0.29, 0.717) is 32.1 Å². The van der Waals surface area contributed by atoms with Crippen molar-refractivity contribution < 1.29 is 14.3 Å². The van der Waals surface area contributed by atoms with Crippen molar-refractivity contribution in [1.29, 1.82) is 0 Å². The third-order valence-corrected chi connectivity index (χ3v) is 3.81. The van der Waals surface area contributed by atoms with Crippen LogP contribution >= 0.6 is 0 Å². The first-order valence-electron chi connectivity index (χ1n) is 7.34. The lowest BCUT2D eigenvalue weighted by Gasteiger charge is -2.27. The highest BCUT2D eigenvalue weighted by atomic mass is 16.5. The molecule has 6 heteroatoms. The van der Waals surface area contributed by atoms with Crippen molar-refractivity contribution in [3.8, 4) is 0 Å². The van der Waals surface area contributed by atoms with Gasteiger partial charge in [0, 0.05) is 38.5 Å². The van der Waals surface area contributed by atoms with Crippen LogP contribution in [0.25, 0.3) is 0 Å². The number of ether oxygens (including phenoxy) is 1. The molecule has 0 radical (unpaired) electrons. The molecule has 2 amide bonds. The number of nitrogens with zero attached hydrogens (tertiary/aromatic N) is 3. The van der Waals surface area contributed by atoms with Gasteiger partial charge in [-0.05, 0) is 20.5 Å². The van der Waals surface area contributed by atoms with Gasteiger partial charge in [0.05, 0.1) is 19.8 Å². The molecule has 0 saturated carbocycles. The quantitative estimate of drug-likeness (QED) is 0.707. The molecule has 0 N–H and O–H groups in total. The first kappa shape index (κ1) is 15.3. The summed E-state index contributed by atoms with van der Waals surface area (Å²) in [5.74, 6) is 0.495. The van der Waals surface area contributed by atoms with Crippen LogP contribution in [0, 0.1) is 5.92 Å². The fraction of sp³-hybridized carbons (Fsp3) is 0.857. The standard InChI is InChI=1S/C14H25N3O3/c1-15(2)8-12-9-17(6-7-20-11-12)14(19)10-16-5-3-4-13(16)18/h12H,3-11H2,1-2H3/t12-/m1/s1. The van der Waals surface area contributed by atoms with Crippen LogP contribution in [0.3, 0.4) is 0 Å². The Labute approximate surface area is 120 Å². The molecule has 0 aromatic rings. The maximum Gasteiger partial charge on any atom is 0.242 e. The van der Waals surface area contributed by atoms with Crippen molar-refractivity contribution in [1.82, 2.24) is 14.7 Å². The van der Waals surface area contributed by atoms with E-state index < -0.39 is 0 Å². The maximum atomic E-state index is 12.3. The Balaban J connectivity index is 1.88. The minimum atomic E-state index is 0.0505. The normalized spacial score (nSPS) is 24.4. The van der Waals surface area contributed by atoms with Gasteiger partial charge in [-0.15, -0.1) is 0 Å². The number of amides is 2. The number of hydrogen-bond donors (Lipinski definition) is 0. The molecule has 0 aliphatic carbocycles. The summed E-state index contributed by atoms with van der Waals surface area (Å²) in [6.45, 7) is 4.49. The van der Waals surface area contributed by atoms with E-state index in [9.17, 15) is 9.59 Å². The van der Waals surface area contributed by atoms with Crippen molar-refractivity contribution in [2.45, 2.75) is 12.8 Å². The number of hydrogen-bond acceptors (Lipinski definition) is 4. The highest BCUT2D eigenvalue weighted by Gasteiger charge is 2.27. The molecule has 0 bridgehead atoms. The molecule has 20 heavy (non-hydrogen) atoms. The average Bonchev–Trinajstić information content (AvgIpc) is 2.64. The number of rotatable bonds is 4. The molecular formula is C14H25N3O3. The molecule has 114 valence electrons.